The first-order chi connectivity index (χ1) is 11.5. The van der Waals surface area contributed by atoms with Gasteiger partial charge in [-0.1, -0.05) is 36.4 Å². The van der Waals surface area contributed by atoms with Crippen LogP contribution in [-0.4, -0.2) is 24.1 Å². The molecular weight excluding hydrogens is 340 g/mol. The topological polar surface area (TPSA) is 64.8 Å². The number of benzene rings is 2. The van der Waals surface area contributed by atoms with Gasteiger partial charge < -0.3 is 20.1 Å². The van der Waals surface area contributed by atoms with E-state index < -0.39 is 5.54 Å². The van der Waals surface area contributed by atoms with Gasteiger partial charge in [0.15, 0.2) is 11.5 Å². The Balaban J connectivity index is 0.00000225. The fraction of sp³-hybridized carbons (Fsp3) is 0.316. The molecule has 0 radical (unpaired) electrons. The second-order valence-electron chi connectivity index (χ2n) is 6.08. The maximum absolute atomic E-state index is 13.0. The molecule has 134 valence electrons. The number of amides is 1. The van der Waals surface area contributed by atoms with Gasteiger partial charge in [-0.2, -0.15) is 0 Å². The van der Waals surface area contributed by atoms with E-state index in [0.717, 1.165) is 22.6 Å². The number of nitrogens with zero attached hydrogens (tertiary/aromatic N) is 1. The quantitative estimate of drug-likeness (QED) is 0.887. The Bertz CT molecular complexity index is 735. The third-order valence-electron chi connectivity index (χ3n) is 4.30. The zero-order chi connectivity index (χ0) is 17.2. The van der Waals surface area contributed by atoms with Crippen molar-refractivity contribution in [3.05, 3.63) is 59.7 Å². The minimum atomic E-state index is -1.06. The first-order valence-electron chi connectivity index (χ1n) is 8.04. The van der Waals surface area contributed by atoms with E-state index in [4.69, 9.17) is 15.2 Å². The maximum Gasteiger partial charge on any atom is 0.247 e. The highest BCUT2D eigenvalue weighted by molar-refractivity contribution is 5.87. The molecule has 0 aromatic heterocycles. The molecule has 3 rings (SSSR count). The number of nitrogens with two attached hydrogens (primary N) is 1. The van der Waals surface area contributed by atoms with Gasteiger partial charge >= 0.3 is 0 Å². The van der Waals surface area contributed by atoms with Gasteiger partial charge in [0.1, 0.15) is 5.54 Å². The number of hydrogen-bond donors (Lipinski definition) is 1. The van der Waals surface area contributed by atoms with Gasteiger partial charge in [0.05, 0.1) is 0 Å². The molecule has 2 aromatic rings. The molecular formula is C19H23ClN2O3. The van der Waals surface area contributed by atoms with E-state index in [1.807, 2.05) is 55.5 Å². The molecule has 0 fully saturated rings. The lowest BCUT2D eigenvalue weighted by Crippen LogP contribution is -2.50. The fourth-order valence-electron chi connectivity index (χ4n) is 2.82. The van der Waals surface area contributed by atoms with Crippen LogP contribution in [-0.2, 0) is 16.9 Å². The summed E-state index contributed by atoms with van der Waals surface area (Å²) in [4.78, 5) is 14.7. The number of ether oxygens (including phenoxy) is 2. The Kier molecular flexibility index (Phi) is 5.93. The summed E-state index contributed by atoms with van der Waals surface area (Å²) in [5.41, 5.74) is 7.09. The summed E-state index contributed by atoms with van der Waals surface area (Å²) >= 11 is 0. The molecule has 1 atom stereocenters. The fourth-order valence-corrected chi connectivity index (χ4v) is 2.82. The molecule has 1 aliphatic rings. The van der Waals surface area contributed by atoms with Crippen molar-refractivity contribution in [2.75, 3.05) is 13.3 Å². The predicted molar refractivity (Wildman–Crippen MR) is 98.9 cm³/mol. The summed E-state index contributed by atoms with van der Waals surface area (Å²) < 4.78 is 10.7. The zero-order valence-electron chi connectivity index (χ0n) is 14.4. The van der Waals surface area contributed by atoms with Crippen molar-refractivity contribution in [3.8, 4) is 11.5 Å². The van der Waals surface area contributed by atoms with Gasteiger partial charge in [0.2, 0.25) is 12.7 Å². The molecule has 0 bridgehead atoms. The van der Waals surface area contributed by atoms with Crippen LogP contribution in [0.5, 0.6) is 11.5 Å². The first kappa shape index (κ1) is 19.1. The Morgan fingerprint density at radius 2 is 1.84 bits per heavy atom. The van der Waals surface area contributed by atoms with Crippen molar-refractivity contribution in [3.63, 3.8) is 0 Å². The van der Waals surface area contributed by atoms with Crippen LogP contribution < -0.4 is 15.2 Å². The van der Waals surface area contributed by atoms with Gasteiger partial charge in [-0.3, -0.25) is 4.79 Å². The molecule has 1 heterocycles. The predicted octanol–water partition coefficient (Wildman–Crippen LogP) is 3.06. The summed E-state index contributed by atoms with van der Waals surface area (Å²) in [6, 6.07) is 15.2. The molecule has 1 amide bonds. The molecule has 5 nitrogen and oxygen atoms in total. The van der Waals surface area contributed by atoms with Gasteiger partial charge in [0, 0.05) is 13.1 Å². The Hall–Kier alpha value is -2.24. The molecule has 6 heteroatoms. The number of rotatable bonds is 5. The van der Waals surface area contributed by atoms with Crippen molar-refractivity contribution in [1.29, 1.82) is 0 Å². The van der Waals surface area contributed by atoms with Gasteiger partial charge in [0.25, 0.3) is 0 Å². The average Bonchev–Trinajstić information content (AvgIpc) is 3.07. The van der Waals surface area contributed by atoms with Gasteiger partial charge in [-0.15, -0.1) is 12.4 Å². The Morgan fingerprint density at radius 3 is 2.52 bits per heavy atom. The lowest BCUT2D eigenvalue weighted by Gasteiger charge is -2.31. The number of likely N-dealkylation sites (N-methyl/N-ethyl adjacent to an activating group) is 1. The lowest BCUT2D eigenvalue weighted by atomic mass is 9.91. The van der Waals surface area contributed by atoms with Crippen LogP contribution in [0.1, 0.15) is 25.0 Å². The molecule has 0 aliphatic carbocycles. The monoisotopic (exact) mass is 362 g/mol. The highest BCUT2D eigenvalue weighted by Gasteiger charge is 2.34. The summed E-state index contributed by atoms with van der Waals surface area (Å²) in [6.45, 7) is 5.00. The normalized spacial score (nSPS) is 14.4. The van der Waals surface area contributed by atoms with E-state index in [1.165, 1.54) is 0 Å². The Morgan fingerprint density at radius 1 is 1.16 bits per heavy atom. The third kappa shape index (κ3) is 3.89. The SMILES string of the molecule is CCN(Cc1ccc2c(c1)OCO2)C(=O)C(C)(N)c1ccccc1.Cl. The van der Waals surface area contributed by atoms with Crippen LogP contribution in [0.4, 0.5) is 0 Å². The van der Waals surface area contributed by atoms with Crippen LogP contribution in [0.15, 0.2) is 48.5 Å². The highest BCUT2D eigenvalue weighted by atomic mass is 35.5. The molecule has 0 saturated heterocycles. The largest absolute Gasteiger partial charge is 0.454 e. The standard InChI is InChI=1S/C19H22N2O3.ClH/c1-3-21(12-14-9-10-16-17(11-14)24-13-23-16)18(22)19(2,20)15-7-5-4-6-8-15;/h4-11H,3,12-13,20H2,1-2H3;1H. The number of carbonyl (C=O) groups is 1. The minimum absolute atomic E-state index is 0. The van der Waals surface area contributed by atoms with E-state index in [9.17, 15) is 4.79 Å². The molecule has 2 aromatic carbocycles. The van der Waals surface area contributed by atoms with Crippen LogP contribution in [0.2, 0.25) is 0 Å². The molecule has 1 unspecified atom stereocenters. The van der Waals surface area contributed by atoms with Crippen LogP contribution in [0.3, 0.4) is 0 Å². The summed E-state index contributed by atoms with van der Waals surface area (Å²) in [5.74, 6) is 1.35. The van der Waals surface area contributed by atoms with E-state index in [2.05, 4.69) is 0 Å². The van der Waals surface area contributed by atoms with Crippen molar-refractivity contribution in [2.45, 2.75) is 25.9 Å². The van der Waals surface area contributed by atoms with Crippen LogP contribution in [0, 0.1) is 0 Å². The Labute approximate surface area is 154 Å². The van der Waals surface area contributed by atoms with Crippen molar-refractivity contribution < 1.29 is 14.3 Å². The van der Waals surface area contributed by atoms with Gasteiger partial charge in [-0.05, 0) is 37.1 Å². The highest BCUT2D eigenvalue weighted by Crippen LogP contribution is 2.33. The van der Waals surface area contributed by atoms with Crippen molar-refractivity contribution in [1.82, 2.24) is 4.90 Å². The van der Waals surface area contributed by atoms with Gasteiger partial charge in [-0.25, -0.2) is 0 Å². The lowest BCUT2D eigenvalue weighted by molar-refractivity contribution is -0.137. The first-order valence-corrected chi connectivity index (χ1v) is 8.04. The van der Waals surface area contributed by atoms with E-state index in [-0.39, 0.29) is 25.1 Å². The minimum Gasteiger partial charge on any atom is -0.454 e. The third-order valence-corrected chi connectivity index (χ3v) is 4.30. The van der Waals surface area contributed by atoms with E-state index in [0.29, 0.717) is 13.1 Å². The molecule has 0 saturated carbocycles. The summed E-state index contributed by atoms with van der Waals surface area (Å²) in [5, 5.41) is 0. The molecule has 0 spiro atoms. The van der Waals surface area contributed by atoms with E-state index >= 15 is 0 Å². The second kappa shape index (κ2) is 7.76. The zero-order valence-corrected chi connectivity index (χ0v) is 15.2. The number of hydrogen-bond acceptors (Lipinski definition) is 4. The smallest absolute Gasteiger partial charge is 0.247 e. The molecule has 1 aliphatic heterocycles. The number of carbonyl (C=O) groups excluding carboxylic acids is 1. The molecule has 25 heavy (non-hydrogen) atoms. The van der Waals surface area contributed by atoms with Crippen LogP contribution in [0.25, 0.3) is 0 Å². The van der Waals surface area contributed by atoms with Crippen molar-refractivity contribution in [2.24, 2.45) is 5.73 Å². The summed E-state index contributed by atoms with van der Waals surface area (Å²) in [7, 11) is 0. The average molecular weight is 363 g/mol. The number of fused-ring (bicyclic) bond motifs is 1. The van der Waals surface area contributed by atoms with E-state index in [1.54, 1.807) is 11.8 Å². The second-order valence-corrected chi connectivity index (χ2v) is 6.08. The van der Waals surface area contributed by atoms with Crippen molar-refractivity contribution >= 4 is 18.3 Å². The number of halogens is 1. The summed E-state index contributed by atoms with van der Waals surface area (Å²) in [6.07, 6.45) is 0. The van der Waals surface area contributed by atoms with Crippen LogP contribution >= 0.6 is 12.4 Å². The molecule has 2 N–H and O–H groups in total. The maximum atomic E-state index is 13.0.